The normalized spacial score (nSPS) is 17.7. The summed E-state index contributed by atoms with van der Waals surface area (Å²) in [6.45, 7) is 6.02. The van der Waals surface area contributed by atoms with Gasteiger partial charge >= 0.3 is 0 Å². The van der Waals surface area contributed by atoms with Crippen LogP contribution in [0.2, 0.25) is 0 Å². The number of hydrogen-bond acceptors (Lipinski definition) is 4. The van der Waals surface area contributed by atoms with Gasteiger partial charge < -0.3 is 0 Å². The van der Waals surface area contributed by atoms with Crippen LogP contribution in [-0.4, -0.2) is 15.7 Å². The maximum atomic E-state index is 4.29. The molecule has 1 aliphatic carbocycles. The molecule has 0 aliphatic heterocycles. The molecule has 1 N–H and O–H groups in total. The minimum absolute atomic E-state index is 0.572. The number of nitrogens with one attached hydrogen (secondary N) is 1. The van der Waals surface area contributed by atoms with Crippen molar-refractivity contribution in [2.24, 2.45) is 5.10 Å². The molecule has 0 amide bonds. The van der Waals surface area contributed by atoms with Crippen molar-refractivity contribution in [2.45, 2.75) is 33.6 Å². The van der Waals surface area contributed by atoms with Crippen LogP contribution in [0.4, 0.5) is 5.95 Å². The highest BCUT2D eigenvalue weighted by Crippen LogP contribution is 2.15. The molecule has 1 aromatic rings. The van der Waals surface area contributed by atoms with Crippen molar-refractivity contribution in [1.29, 1.82) is 0 Å². The lowest BCUT2D eigenvalue weighted by Crippen LogP contribution is -2.01. The second-order valence-electron chi connectivity index (χ2n) is 4.18. The molecular weight excluding hydrogens is 200 g/mol. The molecule has 0 saturated carbocycles. The number of aromatic nitrogens is 2. The van der Waals surface area contributed by atoms with E-state index in [0.29, 0.717) is 5.95 Å². The fourth-order valence-corrected chi connectivity index (χ4v) is 1.74. The molecular formula is C12H16N4. The number of anilines is 1. The van der Waals surface area contributed by atoms with E-state index in [2.05, 4.69) is 33.5 Å². The number of nitrogens with zero attached hydrogens (tertiary/aromatic N) is 3. The van der Waals surface area contributed by atoms with Gasteiger partial charge in [0.05, 0.1) is 5.71 Å². The predicted octanol–water partition coefficient (Wildman–Crippen LogP) is 2.60. The van der Waals surface area contributed by atoms with Crippen molar-refractivity contribution >= 4 is 11.7 Å². The summed E-state index contributed by atoms with van der Waals surface area (Å²) in [6.07, 6.45) is 4.22. The van der Waals surface area contributed by atoms with Crippen LogP contribution in [-0.2, 0) is 0 Å². The van der Waals surface area contributed by atoms with E-state index in [-0.39, 0.29) is 0 Å². The molecule has 16 heavy (non-hydrogen) atoms. The molecule has 1 heterocycles. The molecule has 0 spiro atoms. The van der Waals surface area contributed by atoms with Crippen LogP contribution in [0.1, 0.15) is 31.2 Å². The minimum Gasteiger partial charge on any atom is -0.245 e. The zero-order valence-corrected chi connectivity index (χ0v) is 9.91. The Morgan fingerprint density at radius 3 is 2.38 bits per heavy atom. The number of aryl methyl sites for hydroxylation is 2. The highest BCUT2D eigenvalue weighted by Gasteiger charge is 2.06. The molecule has 4 heteroatoms. The standard InChI is InChI=1S/C12H16N4/c1-8-4-5-11(6-8)15-16-12-13-9(2)7-10(3)14-12/h6-7H,4-5H2,1-3H3,(H,13,14,16)/b15-11+. The van der Waals surface area contributed by atoms with Gasteiger partial charge in [-0.25, -0.2) is 15.4 Å². The van der Waals surface area contributed by atoms with E-state index in [4.69, 9.17) is 0 Å². The third kappa shape index (κ3) is 2.66. The second-order valence-corrected chi connectivity index (χ2v) is 4.18. The summed E-state index contributed by atoms with van der Waals surface area (Å²) in [7, 11) is 0. The molecule has 0 bridgehead atoms. The van der Waals surface area contributed by atoms with Gasteiger partial charge in [-0.3, -0.25) is 0 Å². The first kappa shape index (κ1) is 10.8. The number of allylic oxidation sites excluding steroid dienone is 2. The molecule has 0 unspecified atom stereocenters. The van der Waals surface area contributed by atoms with E-state index in [1.54, 1.807) is 0 Å². The maximum absolute atomic E-state index is 4.29. The van der Waals surface area contributed by atoms with Crippen molar-refractivity contribution in [3.63, 3.8) is 0 Å². The summed E-state index contributed by atoms with van der Waals surface area (Å²) in [5.74, 6) is 0.572. The molecule has 84 valence electrons. The Kier molecular flexibility index (Phi) is 2.99. The third-order valence-corrected chi connectivity index (χ3v) is 2.47. The first-order chi connectivity index (χ1) is 7.63. The Morgan fingerprint density at radius 1 is 1.12 bits per heavy atom. The molecule has 4 nitrogen and oxygen atoms in total. The van der Waals surface area contributed by atoms with Crippen molar-refractivity contribution in [2.75, 3.05) is 5.43 Å². The molecule has 0 atom stereocenters. The summed E-state index contributed by atoms with van der Waals surface area (Å²) in [5, 5.41) is 4.29. The Balaban J connectivity index is 2.10. The van der Waals surface area contributed by atoms with Gasteiger partial charge in [-0.05, 0) is 45.8 Å². The van der Waals surface area contributed by atoms with Gasteiger partial charge in [0.1, 0.15) is 0 Å². The van der Waals surface area contributed by atoms with Crippen LogP contribution in [0.15, 0.2) is 22.8 Å². The lowest BCUT2D eigenvalue weighted by molar-refractivity contribution is 1.02. The van der Waals surface area contributed by atoms with E-state index < -0.39 is 0 Å². The first-order valence-electron chi connectivity index (χ1n) is 5.45. The fourth-order valence-electron chi connectivity index (χ4n) is 1.74. The van der Waals surface area contributed by atoms with Crippen LogP contribution < -0.4 is 5.43 Å². The van der Waals surface area contributed by atoms with Crippen LogP contribution >= 0.6 is 0 Å². The smallest absolute Gasteiger partial charge is 0.243 e. The third-order valence-electron chi connectivity index (χ3n) is 2.47. The minimum atomic E-state index is 0.572. The summed E-state index contributed by atoms with van der Waals surface area (Å²) in [5.41, 5.74) is 7.26. The van der Waals surface area contributed by atoms with E-state index >= 15 is 0 Å². The Hall–Kier alpha value is -1.71. The average molecular weight is 216 g/mol. The maximum Gasteiger partial charge on any atom is 0.243 e. The zero-order valence-electron chi connectivity index (χ0n) is 9.91. The largest absolute Gasteiger partial charge is 0.245 e. The van der Waals surface area contributed by atoms with E-state index in [1.807, 2.05) is 19.9 Å². The van der Waals surface area contributed by atoms with E-state index in [0.717, 1.165) is 29.9 Å². The Bertz CT molecular complexity index is 440. The summed E-state index contributed by atoms with van der Waals surface area (Å²) in [4.78, 5) is 8.53. The molecule has 0 saturated heterocycles. The predicted molar refractivity (Wildman–Crippen MR) is 65.6 cm³/mol. The van der Waals surface area contributed by atoms with Gasteiger partial charge in [0.25, 0.3) is 0 Å². The fraction of sp³-hybridized carbons (Fsp3) is 0.417. The molecule has 0 fully saturated rings. The van der Waals surface area contributed by atoms with Gasteiger partial charge in [0.15, 0.2) is 0 Å². The zero-order chi connectivity index (χ0) is 11.5. The number of hydrogen-bond donors (Lipinski definition) is 1. The lowest BCUT2D eigenvalue weighted by atomic mass is 10.3. The van der Waals surface area contributed by atoms with Gasteiger partial charge in [-0.2, -0.15) is 5.10 Å². The average Bonchev–Trinajstić information content (AvgIpc) is 2.60. The summed E-state index contributed by atoms with van der Waals surface area (Å²) in [6, 6.07) is 1.94. The van der Waals surface area contributed by atoms with Crippen molar-refractivity contribution in [1.82, 2.24) is 9.97 Å². The highest BCUT2D eigenvalue weighted by atomic mass is 15.4. The SMILES string of the molecule is CC1=C/C(=N/Nc2nc(C)cc(C)n2)CC1. The van der Waals surface area contributed by atoms with Gasteiger partial charge in [-0.1, -0.05) is 5.57 Å². The van der Waals surface area contributed by atoms with Crippen LogP contribution in [0, 0.1) is 13.8 Å². The van der Waals surface area contributed by atoms with Crippen molar-refractivity contribution in [3.8, 4) is 0 Å². The van der Waals surface area contributed by atoms with Crippen LogP contribution in [0.25, 0.3) is 0 Å². The van der Waals surface area contributed by atoms with Gasteiger partial charge in [0.2, 0.25) is 5.95 Å². The molecule has 2 rings (SSSR count). The molecule has 0 aromatic carbocycles. The van der Waals surface area contributed by atoms with E-state index in [1.165, 1.54) is 5.57 Å². The highest BCUT2D eigenvalue weighted by molar-refractivity contribution is 5.98. The lowest BCUT2D eigenvalue weighted by Gasteiger charge is -2.02. The van der Waals surface area contributed by atoms with Crippen LogP contribution in [0.5, 0.6) is 0 Å². The summed E-state index contributed by atoms with van der Waals surface area (Å²) >= 11 is 0. The monoisotopic (exact) mass is 216 g/mol. The van der Waals surface area contributed by atoms with E-state index in [9.17, 15) is 0 Å². The topological polar surface area (TPSA) is 50.2 Å². The second kappa shape index (κ2) is 4.43. The Labute approximate surface area is 95.5 Å². The molecule has 0 radical (unpaired) electrons. The summed E-state index contributed by atoms with van der Waals surface area (Å²) < 4.78 is 0. The number of hydrazone groups is 1. The Morgan fingerprint density at radius 2 is 1.81 bits per heavy atom. The number of rotatable bonds is 2. The van der Waals surface area contributed by atoms with Crippen LogP contribution in [0.3, 0.4) is 0 Å². The van der Waals surface area contributed by atoms with Gasteiger partial charge in [0, 0.05) is 11.4 Å². The molecule has 1 aliphatic rings. The molecule has 1 aromatic heterocycles. The first-order valence-corrected chi connectivity index (χ1v) is 5.45. The quantitative estimate of drug-likeness (QED) is 0.773. The van der Waals surface area contributed by atoms with Crippen molar-refractivity contribution < 1.29 is 0 Å². The van der Waals surface area contributed by atoms with Gasteiger partial charge in [-0.15, -0.1) is 0 Å². The van der Waals surface area contributed by atoms with Crippen molar-refractivity contribution in [3.05, 3.63) is 29.1 Å².